The van der Waals surface area contributed by atoms with Crippen molar-refractivity contribution in [2.45, 2.75) is 24.9 Å². The molecule has 24 heavy (non-hydrogen) atoms. The molecule has 6 N–H and O–H groups in total. The Kier molecular flexibility index (Phi) is 4.28. The van der Waals surface area contributed by atoms with Crippen LogP contribution in [0.2, 0.25) is 0 Å². The first-order chi connectivity index (χ1) is 11.2. The minimum atomic E-state index is -4.65. The number of H-pyrrole nitrogens is 1. The van der Waals surface area contributed by atoms with E-state index in [1.165, 1.54) is 0 Å². The number of phosphoric ester groups is 1. The van der Waals surface area contributed by atoms with E-state index in [2.05, 4.69) is 14.5 Å². The van der Waals surface area contributed by atoms with Crippen LogP contribution in [0.15, 0.2) is 4.79 Å². The number of hydrogen-bond acceptors (Lipinski definition) is 9. The molecule has 1 aromatic heterocycles. The lowest BCUT2D eigenvalue weighted by Gasteiger charge is -2.25. The van der Waals surface area contributed by atoms with Crippen molar-refractivity contribution in [3.05, 3.63) is 10.5 Å². The maximum Gasteiger partial charge on any atom is 0.469 e. The number of anilines is 3. The van der Waals surface area contributed by atoms with Crippen LogP contribution < -0.4 is 21.2 Å². The maximum atomic E-state index is 11.6. The minimum absolute atomic E-state index is 0.164. The molecule has 0 aliphatic carbocycles. The molecule has 0 radical (unpaired) electrons. The highest BCUT2D eigenvalue weighted by atomic mass is 31.2. The topological polar surface area (TPSA) is 174 Å². The third kappa shape index (κ3) is 3.24. The zero-order valence-corrected chi connectivity index (χ0v) is 13.6. The number of nitrogens with two attached hydrogens (primary N) is 1. The second-order valence-corrected chi connectivity index (χ2v) is 6.89. The average molecular weight is 363 g/mol. The highest BCUT2D eigenvalue weighted by Crippen LogP contribution is 2.41. The first-order valence-electron chi connectivity index (χ1n) is 7.07. The summed E-state index contributed by atoms with van der Waals surface area (Å²) in [5.74, 6) is 0.502. The number of rotatable bonds is 4. The van der Waals surface area contributed by atoms with Crippen molar-refractivity contribution in [1.29, 1.82) is 0 Å². The van der Waals surface area contributed by atoms with E-state index >= 15 is 0 Å². The Morgan fingerprint density at radius 2 is 2.25 bits per heavy atom. The van der Waals surface area contributed by atoms with Gasteiger partial charge < -0.3 is 35.2 Å². The van der Waals surface area contributed by atoms with Crippen LogP contribution in [0.3, 0.4) is 0 Å². The number of nitrogen functional groups attached to an aromatic ring is 1. The van der Waals surface area contributed by atoms with Gasteiger partial charge in [0.2, 0.25) is 0 Å². The summed E-state index contributed by atoms with van der Waals surface area (Å²) < 4.78 is 20.8. The van der Waals surface area contributed by atoms with Crippen molar-refractivity contribution in [2.24, 2.45) is 0 Å². The number of aromatic nitrogens is 2. The first-order valence-corrected chi connectivity index (χ1v) is 8.60. The third-order valence-electron chi connectivity index (χ3n) is 3.89. The minimum Gasteiger partial charge on any atom is -0.390 e. The van der Waals surface area contributed by atoms with Gasteiger partial charge in [-0.2, -0.15) is 4.98 Å². The van der Waals surface area contributed by atoms with Crippen molar-refractivity contribution in [3.63, 3.8) is 0 Å². The van der Waals surface area contributed by atoms with Gasteiger partial charge in [-0.25, -0.2) is 9.36 Å². The molecule has 0 aromatic carbocycles. The Labute approximate surface area is 136 Å². The normalized spacial score (nSPS) is 26.9. The van der Waals surface area contributed by atoms with Gasteiger partial charge >= 0.3 is 13.5 Å². The van der Waals surface area contributed by atoms with Crippen LogP contribution in [0.5, 0.6) is 0 Å². The Hall–Kier alpha value is -1.69. The van der Waals surface area contributed by atoms with Gasteiger partial charge in [-0.3, -0.25) is 9.51 Å². The van der Waals surface area contributed by atoms with E-state index in [9.17, 15) is 14.5 Å². The monoisotopic (exact) mass is 363 g/mol. The van der Waals surface area contributed by atoms with Gasteiger partial charge in [-0.1, -0.05) is 0 Å². The van der Waals surface area contributed by atoms with Crippen LogP contribution in [0.4, 0.5) is 17.3 Å². The molecule has 3 atom stereocenters. The van der Waals surface area contributed by atoms with E-state index < -0.39 is 38.6 Å². The average Bonchev–Trinajstić information content (AvgIpc) is 2.96. The molecule has 0 bridgehead atoms. The predicted octanol–water partition coefficient (Wildman–Crippen LogP) is -1.85. The molecule has 0 spiro atoms. The Balaban J connectivity index is 1.78. The van der Waals surface area contributed by atoms with E-state index in [1.54, 1.807) is 16.8 Å². The number of hydrogen-bond donors (Lipinski definition) is 5. The Morgan fingerprint density at radius 3 is 2.92 bits per heavy atom. The lowest BCUT2D eigenvalue weighted by Crippen LogP contribution is -2.38. The van der Waals surface area contributed by atoms with Crippen molar-refractivity contribution >= 4 is 25.1 Å². The number of aromatic amines is 1. The van der Waals surface area contributed by atoms with Gasteiger partial charge in [0.1, 0.15) is 23.8 Å². The fraction of sp³-hybridized carbons (Fsp3) is 0.636. The van der Waals surface area contributed by atoms with Gasteiger partial charge in [-0.15, -0.1) is 0 Å². The smallest absolute Gasteiger partial charge is 0.390 e. The van der Waals surface area contributed by atoms with E-state index in [0.29, 0.717) is 18.2 Å². The van der Waals surface area contributed by atoms with Crippen molar-refractivity contribution in [3.8, 4) is 0 Å². The maximum absolute atomic E-state index is 11.6. The van der Waals surface area contributed by atoms with E-state index in [4.69, 9.17) is 20.3 Å². The molecular formula is C11H18N5O7P. The van der Waals surface area contributed by atoms with E-state index in [-0.39, 0.29) is 12.2 Å². The zero-order chi connectivity index (χ0) is 17.6. The lowest BCUT2D eigenvalue weighted by atomic mass is 10.2. The summed E-state index contributed by atoms with van der Waals surface area (Å²) in [6.45, 7) is -0.128. The number of phosphoric acid groups is 1. The summed E-state index contributed by atoms with van der Waals surface area (Å²) in [4.78, 5) is 38.8. The quantitative estimate of drug-likeness (QED) is 0.380. The molecule has 2 aliphatic heterocycles. The number of nitrogens with one attached hydrogen (secondary N) is 1. The summed E-state index contributed by atoms with van der Waals surface area (Å²) in [6, 6.07) is 0. The van der Waals surface area contributed by atoms with Gasteiger partial charge in [-0.05, 0) is 0 Å². The van der Waals surface area contributed by atoms with Gasteiger partial charge in [0.25, 0.3) is 0 Å². The highest BCUT2D eigenvalue weighted by molar-refractivity contribution is 7.46. The van der Waals surface area contributed by atoms with E-state index in [0.717, 1.165) is 0 Å². The van der Waals surface area contributed by atoms with Crippen molar-refractivity contribution in [2.75, 3.05) is 35.9 Å². The summed E-state index contributed by atoms with van der Waals surface area (Å²) in [5.41, 5.74) is 5.75. The number of aliphatic hydroxyl groups is 1. The van der Waals surface area contributed by atoms with Gasteiger partial charge in [0.05, 0.1) is 19.4 Å². The molecular weight excluding hydrogens is 345 g/mol. The van der Waals surface area contributed by atoms with Crippen molar-refractivity contribution in [1.82, 2.24) is 9.97 Å². The molecule has 3 heterocycles. The largest absolute Gasteiger partial charge is 0.469 e. The summed E-state index contributed by atoms with van der Waals surface area (Å²) >= 11 is 0. The predicted molar refractivity (Wildman–Crippen MR) is 82.3 cm³/mol. The highest BCUT2D eigenvalue weighted by Gasteiger charge is 2.42. The molecule has 0 amide bonds. The summed E-state index contributed by atoms with van der Waals surface area (Å²) in [6.07, 6.45) is -2.36. The standard InChI is InChI=1S/C11H18N5O7P/c1-15-4-16(10-8(15)9(12)13-11(18)14-10)7-2-5(17)6(23-7)3-22-24(19,20)21/h5-7,17H,2-4H2,1H3,(H2,19,20,21)(H3,12,13,14,18)/t5-,6+,7+/m0/s1. The fourth-order valence-electron chi connectivity index (χ4n) is 2.87. The molecule has 134 valence electrons. The number of aliphatic hydroxyl groups excluding tert-OH is 1. The summed E-state index contributed by atoms with van der Waals surface area (Å²) in [5, 5.41) is 10.0. The molecule has 1 aromatic rings. The molecule has 0 saturated carbocycles. The second kappa shape index (κ2) is 5.99. The Morgan fingerprint density at radius 1 is 1.54 bits per heavy atom. The SMILES string of the molecule is CN1CN([C@H]2C[C@H](O)[C@@H](COP(=O)(O)O)O2)c2nc(=O)[nH]c(N)c21. The third-order valence-corrected chi connectivity index (χ3v) is 4.38. The molecule has 1 saturated heterocycles. The van der Waals surface area contributed by atoms with E-state index in [1.807, 2.05) is 0 Å². The van der Waals surface area contributed by atoms with Crippen LogP contribution >= 0.6 is 7.82 Å². The summed E-state index contributed by atoms with van der Waals surface area (Å²) in [7, 11) is -2.89. The van der Waals surface area contributed by atoms with Gasteiger partial charge in [0, 0.05) is 13.5 Å². The molecule has 13 heteroatoms. The number of fused-ring (bicyclic) bond motifs is 1. The van der Waals surface area contributed by atoms with Crippen LogP contribution in [-0.4, -0.2) is 63.6 Å². The van der Waals surface area contributed by atoms with Crippen LogP contribution in [0, 0.1) is 0 Å². The molecule has 1 fully saturated rings. The number of nitrogens with zero attached hydrogens (tertiary/aromatic N) is 3. The Bertz CT molecular complexity index is 736. The fourth-order valence-corrected chi connectivity index (χ4v) is 3.21. The van der Waals surface area contributed by atoms with Crippen LogP contribution in [0.25, 0.3) is 0 Å². The second-order valence-electron chi connectivity index (χ2n) is 5.66. The molecule has 12 nitrogen and oxygen atoms in total. The van der Waals surface area contributed by atoms with Crippen LogP contribution in [-0.2, 0) is 13.8 Å². The zero-order valence-electron chi connectivity index (χ0n) is 12.7. The lowest BCUT2D eigenvalue weighted by molar-refractivity contribution is -0.0216. The van der Waals surface area contributed by atoms with Crippen LogP contribution in [0.1, 0.15) is 6.42 Å². The van der Waals surface area contributed by atoms with Gasteiger partial charge in [0.15, 0.2) is 5.82 Å². The molecule has 3 rings (SSSR count). The number of ether oxygens (including phenoxy) is 1. The first kappa shape index (κ1) is 17.1. The van der Waals surface area contributed by atoms with Crippen molar-refractivity contribution < 1.29 is 28.7 Å². The molecule has 0 unspecified atom stereocenters. The molecule has 2 aliphatic rings.